The maximum Gasteiger partial charge on any atom is 0.344 e. The first-order chi connectivity index (χ1) is 12.1. The summed E-state index contributed by atoms with van der Waals surface area (Å²) >= 11 is 0. The van der Waals surface area contributed by atoms with E-state index in [4.69, 9.17) is 9.84 Å². The van der Waals surface area contributed by atoms with Crippen molar-refractivity contribution in [3.8, 4) is 0 Å². The van der Waals surface area contributed by atoms with Crippen LogP contribution in [0.2, 0.25) is 0 Å². The van der Waals surface area contributed by atoms with E-state index in [1.165, 1.54) is 14.0 Å². The summed E-state index contributed by atoms with van der Waals surface area (Å²) in [6.07, 6.45) is -2.19. The molecule has 0 aromatic heterocycles. The molecule has 0 radical (unpaired) electrons. The van der Waals surface area contributed by atoms with E-state index in [0.717, 1.165) is 10.5 Å². The maximum absolute atomic E-state index is 12.5. The molecular weight excluding hydrogens is 338 g/mol. The molecule has 7 nitrogen and oxygen atoms in total. The van der Waals surface area contributed by atoms with Crippen molar-refractivity contribution >= 4 is 17.8 Å². The minimum absolute atomic E-state index is 0.0641. The molecule has 0 bridgehead atoms. The zero-order valence-electron chi connectivity index (χ0n) is 15.6. The summed E-state index contributed by atoms with van der Waals surface area (Å²) in [5, 5.41) is 19.1. The van der Waals surface area contributed by atoms with Crippen LogP contribution in [0.4, 0.5) is 0 Å². The van der Waals surface area contributed by atoms with Crippen molar-refractivity contribution in [2.75, 3.05) is 7.05 Å². The molecule has 0 aliphatic heterocycles. The average molecular weight is 365 g/mol. The molecule has 0 heterocycles. The number of amides is 1. The van der Waals surface area contributed by atoms with Crippen molar-refractivity contribution < 1.29 is 29.3 Å². The number of carboxylic acids is 1. The maximum atomic E-state index is 12.5. The van der Waals surface area contributed by atoms with Crippen LogP contribution in [0.3, 0.4) is 0 Å². The molecule has 0 aliphatic rings. The molecule has 1 amide bonds. The van der Waals surface area contributed by atoms with Gasteiger partial charge in [0.05, 0.1) is 0 Å². The lowest BCUT2D eigenvalue weighted by molar-refractivity contribution is -0.169. The molecule has 1 rings (SSSR count). The standard InChI is InChI=1S/C19H27NO6/c1-12(2)10-15(19(25)26-13(3)18(23)24)20(4)17(22)16(21)11-14-8-6-5-7-9-14/h5-9,12-13,15-16,21H,10-11H2,1-4H3,(H,23,24)/t13-,15?,16-/m1/s1. The molecule has 2 N–H and O–H groups in total. The third kappa shape index (κ3) is 6.48. The van der Waals surface area contributed by atoms with Crippen LogP contribution >= 0.6 is 0 Å². The van der Waals surface area contributed by atoms with Crippen LogP contribution in [-0.4, -0.2) is 58.3 Å². The van der Waals surface area contributed by atoms with Crippen LogP contribution in [-0.2, 0) is 25.5 Å². The van der Waals surface area contributed by atoms with E-state index in [-0.39, 0.29) is 12.3 Å². The zero-order chi connectivity index (χ0) is 19.9. The van der Waals surface area contributed by atoms with Gasteiger partial charge in [-0.15, -0.1) is 0 Å². The number of aliphatic hydroxyl groups is 1. The van der Waals surface area contributed by atoms with E-state index in [0.29, 0.717) is 6.42 Å². The Balaban J connectivity index is 2.85. The van der Waals surface area contributed by atoms with Gasteiger partial charge in [0.15, 0.2) is 6.10 Å². The van der Waals surface area contributed by atoms with E-state index < -0.39 is 36.1 Å². The van der Waals surface area contributed by atoms with Gasteiger partial charge in [-0.2, -0.15) is 0 Å². The summed E-state index contributed by atoms with van der Waals surface area (Å²) < 4.78 is 4.93. The van der Waals surface area contributed by atoms with Gasteiger partial charge in [-0.3, -0.25) is 4.79 Å². The highest BCUT2D eigenvalue weighted by atomic mass is 16.6. The topological polar surface area (TPSA) is 104 Å². The number of hydrogen-bond donors (Lipinski definition) is 2. The minimum atomic E-state index is -1.31. The molecule has 0 aliphatic carbocycles. The number of benzene rings is 1. The van der Waals surface area contributed by atoms with Gasteiger partial charge in [0.1, 0.15) is 12.1 Å². The van der Waals surface area contributed by atoms with E-state index in [1.807, 2.05) is 32.0 Å². The van der Waals surface area contributed by atoms with Crippen LogP contribution in [0.1, 0.15) is 32.8 Å². The lowest BCUT2D eigenvalue weighted by Gasteiger charge is -2.30. The van der Waals surface area contributed by atoms with Crippen LogP contribution in [0, 0.1) is 5.92 Å². The first kappa shape index (κ1) is 21.6. The Morgan fingerprint density at radius 1 is 1.12 bits per heavy atom. The summed E-state index contributed by atoms with van der Waals surface area (Å²) in [4.78, 5) is 36.9. The number of esters is 1. The van der Waals surface area contributed by atoms with Crippen molar-refractivity contribution in [1.29, 1.82) is 0 Å². The van der Waals surface area contributed by atoms with Crippen LogP contribution in [0.5, 0.6) is 0 Å². The Labute approximate surface area is 153 Å². The van der Waals surface area contributed by atoms with Crippen molar-refractivity contribution in [3.05, 3.63) is 35.9 Å². The molecule has 0 fully saturated rings. The molecule has 26 heavy (non-hydrogen) atoms. The fourth-order valence-electron chi connectivity index (χ4n) is 2.48. The Hall–Kier alpha value is -2.41. The van der Waals surface area contributed by atoms with Gasteiger partial charge >= 0.3 is 11.9 Å². The van der Waals surface area contributed by atoms with E-state index in [9.17, 15) is 19.5 Å². The van der Waals surface area contributed by atoms with E-state index in [2.05, 4.69) is 0 Å². The van der Waals surface area contributed by atoms with Crippen LogP contribution < -0.4 is 0 Å². The van der Waals surface area contributed by atoms with E-state index in [1.54, 1.807) is 12.1 Å². The number of carbonyl (C=O) groups is 3. The molecule has 1 aromatic carbocycles. The third-order valence-corrected chi connectivity index (χ3v) is 3.98. The number of carboxylic acid groups (broad SMARTS) is 1. The molecule has 0 saturated carbocycles. The fraction of sp³-hybridized carbons (Fsp3) is 0.526. The van der Waals surface area contributed by atoms with Gasteiger partial charge in [0.25, 0.3) is 5.91 Å². The van der Waals surface area contributed by atoms with Gasteiger partial charge in [-0.25, -0.2) is 9.59 Å². The largest absolute Gasteiger partial charge is 0.479 e. The van der Waals surface area contributed by atoms with Gasteiger partial charge in [0.2, 0.25) is 0 Å². The molecular formula is C19H27NO6. The average Bonchev–Trinajstić information content (AvgIpc) is 2.58. The summed E-state index contributed by atoms with van der Waals surface area (Å²) in [5.41, 5.74) is 0.796. The molecule has 0 spiro atoms. The van der Waals surface area contributed by atoms with Gasteiger partial charge in [-0.1, -0.05) is 44.2 Å². The smallest absolute Gasteiger partial charge is 0.344 e. The second kappa shape index (κ2) is 9.91. The Kier molecular flexibility index (Phi) is 8.25. The van der Waals surface area contributed by atoms with Crippen LogP contribution in [0.15, 0.2) is 30.3 Å². The zero-order valence-corrected chi connectivity index (χ0v) is 15.6. The quantitative estimate of drug-likeness (QED) is 0.643. The summed E-state index contributed by atoms with van der Waals surface area (Å²) in [5.74, 6) is -2.61. The number of nitrogens with zero attached hydrogens (tertiary/aromatic N) is 1. The monoisotopic (exact) mass is 365 g/mol. The first-order valence-electron chi connectivity index (χ1n) is 8.55. The lowest BCUT2D eigenvalue weighted by Crippen LogP contribution is -2.49. The SMILES string of the molecule is CC(C)CC(C(=O)O[C@H](C)C(=O)O)N(C)C(=O)[C@H](O)Cc1ccccc1. The van der Waals surface area contributed by atoms with Gasteiger partial charge in [0, 0.05) is 13.5 Å². The van der Waals surface area contributed by atoms with Crippen LogP contribution in [0.25, 0.3) is 0 Å². The van der Waals surface area contributed by atoms with Crippen molar-refractivity contribution in [3.63, 3.8) is 0 Å². The number of likely N-dealkylation sites (N-methyl/N-ethyl adjacent to an activating group) is 1. The number of carbonyl (C=O) groups excluding carboxylic acids is 2. The summed E-state index contributed by atoms with van der Waals surface area (Å²) in [6, 6.07) is 8.08. The number of aliphatic carboxylic acids is 1. The minimum Gasteiger partial charge on any atom is -0.479 e. The Bertz CT molecular complexity index is 616. The van der Waals surface area contributed by atoms with Gasteiger partial charge < -0.3 is 19.8 Å². The molecule has 144 valence electrons. The molecule has 7 heteroatoms. The molecule has 3 atom stereocenters. The van der Waals surface area contributed by atoms with Gasteiger partial charge in [-0.05, 0) is 24.8 Å². The van der Waals surface area contributed by atoms with Crippen molar-refractivity contribution in [1.82, 2.24) is 4.90 Å². The van der Waals surface area contributed by atoms with Crippen molar-refractivity contribution in [2.24, 2.45) is 5.92 Å². The third-order valence-electron chi connectivity index (χ3n) is 3.98. The van der Waals surface area contributed by atoms with Crippen molar-refractivity contribution in [2.45, 2.75) is 51.9 Å². The number of hydrogen-bond acceptors (Lipinski definition) is 5. The number of aliphatic hydroxyl groups excluding tert-OH is 1. The first-order valence-corrected chi connectivity index (χ1v) is 8.55. The summed E-state index contributed by atoms with van der Waals surface area (Å²) in [7, 11) is 1.41. The number of rotatable bonds is 9. The molecule has 1 unspecified atom stereocenters. The predicted octanol–water partition coefficient (Wildman–Crippen LogP) is 1.48. The second-order valence-electron chi connectivity index (χ2n) is 6.72. The lowest BCUT2D eigenvalue weighted by atomic mass is 10.0. The second-order valence-corrected chi connectivity index (χ2v) is 6.72. The highest BCUT2D eigenvalue weighted by molar-refractivity contribution is 5.88. The molecule has 1 aromatic rings. The normalized spacial score (nSPS) is 14.4. The summed E-state index contributed by atoms with van der Waals surface area (Å²) in [6.45, 7) is 5.00. The molecule has 0 saturated heterocycles. The van der Waals surface area contributed by atoms with E-state index >= 15 is 0 Å². The highest BCUT2D eigenvalue weighted by Gasteiger charge is 2.33. The fourth-order valence-corrected chi connectivity index (χ4v) is 2.48. The highest BCUT2D eigenvalue weighted by Crippen LogP contribution is 2.15. The number of ether oxygens (including phenoxy) is 1. The predicted molar refractivity (Wildman–Crippen MR) is 95.4 cm³/mol. The Morgan fingerprint density at radius 3 is 2.19 bits per heavy atom. The Morgan fingerprint density at radius 2 is 1.69 bits per heavy atom.